The first-order chi connectivity index (χ1) is 10.4. The Bertz CT molecular complexity index is 301. The molecule has 0 amide bonds. The fourth-order valence-electron chi connectivity index (χ4n) is 2.84. The average molecular weight is 288 g/mol. The molecule has 0 heteroatoms. The van der Waals surface area contributed by atoms with E-state index in [1.807, 2.05) is 0 Å². The van der Waals surface area contributed by atoms with Gasteiger partial charge in [0.25, 0.3) is 0 Å². The third-order valence-corrected chi connectivity index (χ3v) is 4.24. The van der Waals surface area contributed by atoms with Gasteiger partial charge in [0.1, 0.15) is 0 Å². The lowest BCUT2D eigenvalue weighted by molar-refractivity contribution is 0.544. The van der Waals surface area contributed by atoms with Crippen LogP contribution >= 0.6 is 0 Å². The Kier molecular flexibility index (Phi) is 12.3. The lowest BCUT2D eigenvalue weighted by Gasteiger charge is -2.03. The summed E-state index contributed by atoms with van der Waals surface area (Å²) in [6.45, 7) is 2.29. The molecule has 0 aliphatic rings. The van der Waals surface area contributed by atoms with Crippen LogP contribution in [0.25, 0.3) is 0 Å². The van der Waals surface area contributed by atoms with Crippen molar-refractivity contribution in [3.8, 4) is 0 Å². The first-order valence-electron chi connectivity index (χ1n) is 9.31. The van der Waals surface area contributed by atoms with Gasteiger partial charge in [-0.2, -0.15) is 0 Å². The van der Waals surface area contributed by atoms with Crippen LogP contribution in [0.2, 0.25) is 0 Å². The van der Waals surface area contributed by atoms with Crippen LogP contribution in [-0.2, 0) is 0 Å². The fourth-order valence-corrected chi connectivity index (χ4v) is 2.84. The molecule has 0 nitrogen and oxygen atoms in total. The molecule has 0 saturated heterocycles. The molecule has 1 aromatic carbocycles. The lowest BCUT2D eigenvalue weighted by Crippen LogP contribution is -1.84. The zero-order chi connectivity index (χ0) is 15.0. The van der Waals surface area contributed by atoms with Crippen molar-refractivity contribution in [2.75, 3.05) is 0 Å². The first-order valence-corrected chi connectivity index (χ1v) is 9.31. The summed E-state index contributed by atoms with van der Waals surface area (Å²) in [5.74, 6) is 0. The Morgan fingerprint density at radius 3 is 1.62 bits per heavy atom. The predicted molar refractivity (Wildman–Crippen MR) is 95.5 cm³/mol. The van der Waals surface area contributed by atoms with Crippen molar-refractivity contribution >= 4 is 0 Å². The minimum atomic E-state index is 1.24. The zero-order valence-corrected chi connectivity index (χ0v) is 14.2. The number of unbranched alkanes of at least 4 members (excludes halogenated alkanes) is 12. The van der Waals surface area contributed by atoms with Crippen molar-refractivity contribution < 1.29 is 0 Å². The van der Waals surface area contributed by atoms with Gasteiger partial charge in [-0.15, -0.1) is 0 Å². The highest BCUT2D eigenvalue weighted by Gasteiger charge is 1.95. The molecule has 0 aliphatic carbocycles. The molecule has 0 bridgehead atoms. The fraction of sp³-hybridized carbons (Fsp3) is 0.667. The predicted octanol–water partition coefficient (Wildman–Crippen LogP) is 7.33. The largest absolute Gasteiger partial charge is 0.0654 e. The van der Waals surface area contributed by atoms with Gasteiger partial charge < -0.3 is 0 Å². The minimum absolute atomic E-state index is 1.24. The van der Waals surface area contributed by atoms with Crippen LogP contribution in [0.5, 0.6) is 0 Å². The summed E-state index contributed by atoms with van der Waals surface area (Å²) in [6, 6.07) is 10.7. The van der Waals surface area contributed by atoms with Gasteiger partial charge in [0.2, 0.25) is 0 Å². The molecule has 0 N–H and O–H groups in total. The standard InChI is InChI=1S/C21H35/c1-2-3-4-5-6-7-8-9-10-11-12-13-15-18-21-19-16-14-17-20-21/h14,16-20H,2-13,15H2,1H3. The molecule has 0 saturated carbocycles. The second-order valence-electron chi connectivity index (χ2n) is 6.29. The summed E-state index contributed by atoms with van der Waals surface area (Å²) in [6.07, 6.45) is 20.8. The van der Waals surface area contributed by atoms with Crippen LogP contribution in [0.3, 0.4) is 0 Å². The number of rotatable bonds is 14. The molecule has 21 heavy (non-hydrogen) atoms. The van der Waals surface area contributed by atoms with Gasteiger partial charge in [-0.25, -0.2) is 0 Å². The van der Waals surface area contributed by atoms with E-state index >= 15 is 0 Å². The molecule has 1 rings (SSSR count). The van der Waals surface area contributed by atoms with Crippen molar-refractivity contribution in [2.24, 2.45) is 0 Å². The molecule has 0 atom stereocenters. The van der Waals surface area contributed by atoms with Gasteiger partial charge in [0.15, 0.2) is 0 Å². The Morgan fingerprint density at radius 1 is 0.619 bits per heavy atom. The Balaban J connectivity index is 1.75. The molecule has 1 radical (unpaired) electrons. The maximum atomic E-state index is 2.37. The molecule has 0 aromatic heterocycles. The molecular formula is C21H35. The molecule has 119 valence electrons. The van der Waals surface area contributed by atoms with Crippen LogP contribution in [0.1, 0.15) is 96.0 Å². The van der Waals surface area contributed by atoms with E-state index in [4.69, 9.17) is 0 Å². The average Bonchev–Trinajstić information content (AvgIpc) is 2.53. The van der Waals surface area contributed by atoms with Crippen LogP contribution in [0.4, 0.5) is 0 Å². The highest BCUT2D eigenvalue weighted by Crippen LogP contribution is 2.14. The molecule has 0 fully saturated rings. The maximum absolute atomic E-state index is 2.37. The SMILES string of the molecule is CCCCCCCCCCCCCC[CH]c1ccccc1. The maximum Gasteiger partial charge on any atom is -0.00931 e. The van der Waals surface area contributed by atoms with E-state index in [1.165, 1.54) is 89.0 Å². The first kappa shape index (κ1) is 18.3. The summed E-state index contributed by atoms with van der Waals surface area (Å²) in [4.78, 5) is 0. The molecule has 0 spiro atoms. The minimum Gasteiger partial charge on any atom is -0.0654 e. The molecule has 0 unspecified atom stereocenters. The second-order valence-corrected chi connectivity index (χ2v) is 6.29. The lowest BCUT2D eigenvalue weighted by atomic mass is 10.0. The van der Waals surface area contributed by atoms with E-state index in [9.17, 15) is 0 Å². The second kappa shape index (κ2) is 14.2. The van der Waals surface area contributed by atoms with Crippen LogP contribution in [-0.4, -0.2) is 0 Å². The molecule has 1 aromatic rings. The summed E-state index contributed by atoms with van der Waals surface area (Å²) in [7, 11) is 0. The normalized spacial score (nSPS) is 10.9. The monoisotopic (exact) mass is 287 g/mol. The van der Waals surface area contributed by atoms with Crippen molar-refractivity contribution in [1.29, 1.82) is 0 Å². The van der Waals surface area contributed by atoms with E-state index in [-0.39, 0.29) is 0 Å². The van der Waals surface area contributed by atoms with Crippen molar-refractivity contribution in [1.82, 2.24) is 0 Å². The van der Waals surface area contributed by atoms with Crippen molar-refractivity contribution in [2.45, 2.75) is 90.4 Å². The van der Waals surface area contributed by atoms with E-state index in [2.05, 4.69) is 43.7 Å². The van der Waals surface area contributed by atoms with Crippen LogP contribution < -0.4 is 0 Å². The summed E-state index contributed by atoms with van der Waals surface area (Å²) in [5.41, 5.74) is 1.38. The van der Waals surface area contributed by atoms with Crippen LogP contribution in [0, 0.1) is 6.42 Å². The van der Waals surface area contributed by atoms with Gasteiger partial charge >= 0.3 is 0 Å². The van der Waals surface area contributed by atoms with Gasteiger partial charge in [0, 0.05) is 0 Å². The van der Waals surface area contributed by atoms with Gasteiger partial charge in [0.05, 0.1) is 0 Å². The van der Waals surface area contributed by atoms with Crippen molar-refractivity contribution in [3.05, 3.63) is 42.3 Å². The van der Waals surface area contributed by atoms with Crippen molar-refractivity contribution in [3.63, 3.8) is 0 Å². The number of hydrogen-bond acceptors (Lipinski definition) is 0. The van der Waals surface area contributed by atoms with Gasteiger partial charge in [-0.05, 0) is 18.4 Å². The van der Waals surface area contributed by atoms with E-state index < -0.39 is 0 Å². The highest BCUT2D eigenvalue weighted by atomic mass is 14.0. The third kappa shape index (κ3) is 11.5. The topological polar surface area (TPSA) is 0 Å². The number of hydrogen-bond donors (Lipinski definition) is 0. The highest BCUT2D eigenvalue weighted by molar-refractivity contribution is 5.21. The smallest absolute Gasteiger partial charge is 0.00931 e. The zero-order valence-electron chi connectivity index (χ0n) is 14.2. The van der Waals surface area contributed by atoms with Gasteiger partial charge in [-0.1, -0.05) is 114 Å². The van der Waals surface area contributed by atoms with E-state index in [0.717, 1.165) is 0 Å². The molecule has 0 aliphatic heterocycles. The summed E-state index contributed by atoms with van der Waals surface area (Å²) < 4.78 is 0. The molecular weight excluding hydrogens is 252 g/mol. The summed E-state index contributed by atoms with van der Waals surface area (Å²) in [5, 5.41) is 0. The third-order valence-electron chi connectivity index (χ3n) is 4.24. The Morgan fingerprint density at radius 2 is 1.10 bits per heavy atom. The molecule has 0 heterocycles. The van der Waals surface area contributed by atoms with Gasteiger partial charge in [-0.3, -0.25) is 0 Å². The Hall–Kier alpha value is -0.780. The number of benzene rings is 1. The van der Waals surface area contributed by atoms with Crippen LogP contribution in [0.15, 0.2) is 30.3 Å². The Labute approximate surface area is 133 Å². The quantitative estimate of drug-likeness (QED) is 0.314. The van der Waals surface area contributed by atoms with E-state index in [0.29, 0.717) is 0 Å². The summed E-state index contributed by atoms with van der Waals surface area (Å²) >= 11 is 0. The van der Waals surface area contributed by atoms with E-state index in [1.54, 1.807) is 0 Å².